The molecule has 0 aliphatic heterocycles. The van der Waals surface area contributed by atoms with Gasteiger partial charge in [-0.1, -0.05) is 5.16 Å². The van der Waals surface area contributed by atoms with Crippen LogP contribution in [0.15, 0.2) is 22.7 Å². The third kappa shape index (κ3) is 3.21. The fourth-order valence-corrected chi connectivity index (χ4v) is 1.68. The number of nitrogens with two attached hydrogens (primary N) is 1. The van der Waals surface area contributed by atoms with Crippen molar-refractivity contribution < 1.29 is 4.52 Å². The van der Waals surface area contributed by atoms with Gasteiger partial charge in [-0.25, -0.2) is 0 Å². The summed E-state index contributed by atoms with van der Waals surface area (Å²) in [5.41, 5.74) is 8.69. The van der Waals surface area contributed by atoms with Gasteiger partial charge in [0.05, 0.1) is 0 Å². The SMILES string of the molecule is Cc1cc(N)cc(NCCc2noc(C)n2)c1. The lowest BCUT2D eigenvalue weighted by Crippen LogP contribution is -2.06. The van der Waals surface area contributed by atoms with E-state index in [-0.39, 0.29) is 0 Å². The zero-order valence-electron chi connectivity index (χ0n) is 10.0. The largest absolute Gasteiger partial charge is 0.399 e. The first-order valence-electron chi connectivity index (χ1n) is 5.54. The number of aryl methyl sites for hydroxylation is 2. The van der Waals surface area contributed by atoms with E-state index >= 15 is 0 Å². The van der Waals surface area contributed by atoms with Crippen LogP contribution in [0.2, 0.25) is 0 Å². The Kier molecular flexibility index (Phi) is 3.27. The Morgan fingerprint density at radius 3 is 2.76 bits per heavy atom. The summed E-state index contributed by atoms with van der Waals surface area (Å²) >= 11 is 0. The van der Waals surface area contributed by atoms with Crippen molar-refractivity contribution in [1.29, 1.82) is 0 Å². The number of rotatable bonds is 4. The number of anilines is 2. The maximum Gasteiger partial charge on any atom is 0.223 e. The van der Waals surface area contributed by atoms with E-state index in [2.05, 4.69) is 21.5 Å². The van der Waals surface area contributed by atoms with Crippen LogP contribution in [-0.4, -0.2) is 16.7 Å². The lowest BCUT2D eigenvalue weighted by molar-refractivity contribution is 0.387. The van der Waals surface area contributed by atoms with Crippen molar-refractivity contribution in [3.8, 4) is 0 Å². The van der Waals surface area contributed by atoms with Crippen LogP contribution >= 0.6 is 0 Å². The van der Waals surface area contributed by atoms with E-state index in [4.69, 9.17) is 10.3 Å². The molecule has 0 bridgehead atoms. The van der Waals surface area contributed by atoms with E-state index in [9.17, 15) is 0 Å². The van der Waals surface area contributed by atoms with Crippen LogP contribution in [0.4, 0.5) is 11.4 Å². The van der Waals surface area contributed by atoms with Crippen LogP contribution in [-0.2, 0) is 6.42 Å². The number of nitrogens with one attached hydrogen (secondary N) is 1. The zero-order valence-corrected chi connectivity index (χ0v) is 10.0. The van der Waals surface area contributed by atoms with Gasteiger partial charge in [0.15, 0.2) is 5.82 Å². The first-order chi connectivity index (χ1) is 8.13. The van der Waals surface area contributed by atoms with E-state index in [1.807, 2.05) is 19.1 Å². The van der Waals surface area contributed by atoms with Crippen molar-refractivity contribution in [1.82, 2.24) is 10.1 Å². The molecule has 1 aromatic carbocycles. The molecule has 90 valence electrons. The molecule has 0 atom stereocenters. The van der Waals surface area contributed by atoms with Crippen LogP contribution < -0.4 is 11.1 Å². The smallest absolute Gasteiger partial charge is 0.223 e. The molecule has 0 aliphatic rings. The first kappa shape index (κ1) is 11.4. The van der Waals surface area contributed by atoms with E-state index in [1.165, 1.54) is 0 Å². The minimum atomic E-state index is 0.597. The van der Waals surface area contributed by atoms with Gasteiger partial charge in [0.1, 0.15) is 0 Å². The summed E-state index contributed by atoms with van der Waals surface area (Å²) in [5.74, 6) is 1.32. The summed E-state index contributed by atoms with van der Waals surface area (Å²) in [5, 5.41) is 7.11. The number of benzene rings is 1. The standard InChI is InChI=1S/C12H16N4O/c1-8-5-10(13)7-11(6-8)14-4-3-12-15-9(2)17-16-12/h5-7,14H,3-4,13H2,1-2H3. The highest BCUT2D eigenvalue weighted by molar-refractivity contribution is 5.56. The molecule has 0 saturated heterocycles. The maximum absolute atomic E-state index is 5.77. The number of hydrogen-bond donors (Lipinski definition) is 2. The molecular formula is C12H16N4O. The van der Waals surface area contributed by atoms with Crippen molar-refractivity contribution in [2.45, 2.75) is 20.3 Å². The fraction of sp³-hybridized carbons (Fsp3) is 0.333. The van der Waals surface area contributed by atoms with Gasteiger partial charge in [-0.3, -0.25) is 0 Å². The average molecular weight is 232 g/mol. The number of nitrogens with zero attached hydrogens (tertiary/aromatic N) is 2. The summed E-state index contributed by atoms with van der Waals surface area (Å²) in [4.78, 5) is 4.13. The third-order valence-corrected chi connectivity index (χ3v) is 2.35. The molecule has 0 fully saturated rings. The second-order valence-corrected chi connectivity index (χ2v) is 4.04. The van der Waals surface area contributed by atoms with Crippen molar-refractivity contribution in [2.75, 3.05) is 17.6 Å². The molecular weight excluding hydrogens is 216 g/mol. The molecule has 0 amide bonds. The van der Waals surface area contributed by atoms with E-state index in [0.717, 1.165) is 35.7 Å². The summed E-state index contributed by atoms with van der Waals surface area (Å²) in [7, 11) is 0. The van der Waals surface area contributed by atoms with Gasteiger partial charge in [0.2, 0.25) is 5.89 Å². The molecule has 2 aromatic rings. The van der Waals surface area contributed by atoms with Gasteiger partial charge in [-0.2, -0.15) is 4.98 Å². The third-order valence-electron chi connectivity index (χ3n) is 2.35. The average Bonchev–Trinajstić information content (AvgIpc) is 2.63. The Morgan fingerprint density at radius 1 is 1.29 bits per heavy atom. The molecule has 5 heteroatoms. The molecule has 1 heterocycles. The highest BCUT2D eigenvalue weighted by Gasteiger charge is 2.01. The summed E-state index contributed by atoms with van der Waals surface area (Å²) in [6, 6.07) is 5.90. The normalized spacial score (nSPS) is 10.5. The Hall–Kier alpha value is -2.04. The minimum Gasteiger partial charge on any atom is -0.399 e. The second-order valence-electron chi connectivity index (χ2n) is 4.04. The highest BCUT2D eigenvalue weighted by Crippen LogP contribution is 2.15. The number of aromatic nitrogens is 2. The van der Waals surface area contributed by atoms with Crippen molar-refractivity contribution >= 4 is 11.4 Å². The molecule has 0 aliphatic carbocycles. The van der Waals surface area contributed by atoms with Gasteiger partial charge in [-0.15, -0.1) is 0 Å². The quantitative estimate of drug-likeness (QED) is 0.787. The summed E-state index contributed by atoms with van der Waals surface area (Å²) in [6.07, 6.45) is 0.727. The van der Waals surface area contributed by atoms with Crippen LogP contribution in [0, 0.1) is 13.8 Å². The van der Waals surface area contributed by atoms with Crippen LogP contribution in [0.3, 0.4) is 0 Å². The van der Waals surface area contributed by atoms with Crippen LogP contribution in [0.25, 0.3) is 0 Å². The lowest BCUT2D eigenvalue weighted by atomic mass is 10.2. The predicted molar refractivity (Wildman–Crippen MR) is 66.8 cm³/mol. The second kappa shape index (κ2) is 4.86. The highest BCUT2D eigenvalue weighted by atomic mass is 16.5. The van der Waals surface area contributed by atoms with Crippen molar-refractivity contribution in [3.63, 3.8) is 0 Å². The van der Waals surface area contributed by atoms with E-state index in [0.29, 0.717) is 5.89 Å². The molecule has 0 saturated carbocycles. The minimum absolute atomic E-state index is 0.597. The monoisotopic (exact) mass is 232 g/mol. The van der Waals surface area contributed by atoms with Gasteiger partial charge >= 0.3 is 0 Å². The predicted octanol–water partition coefficient (Wildman–Crippen LogP) is 1.92. The van der Waals surface area contributed by atoms with Gasteiger partial charge in [0.25, 0.3) is 0 Å². The van der Waals surface area contributed by atoms with Crippen molar-refractivity contribution in [2.24, 2.45) is 0 Å². The zero-order chi connectivity index (χ0) is 12.3. The van der Waals surface area contributed by atoms with E-state index in [1.54, 1.807) is 6.92 Å². The van der Waals surface area contributed by atoms with Gasteiger partial charge in [-0.05, 0) is 30.7 Å². The van der Waals surface area contributed by atoms with Crippen LogP contribution in [0.1, 0.15) is 17.3 Å². The van der Waals surface area contributed by atoms with Crippen LogP contribution in [0.5, 0.6) is 0 Å². The van der Waals surface area contributed by atoms with Gasteiger partial charge < -0.3 is 15.6 Å². The topological polar surface area (TPSA) is 77.0 Å². The summed E-state index contributed by atoms with van der Waals surface area (Å²) in [6.45, 7) is 4.55. The molecule has 0 unspecified atom stereocenters. The number of hydrogen-bond acceptors (Lipinski definition) is 5. The summed E-state index contributed by atoms with van der Waals surface area (Å²) < 4.78 is 4.90. The fourth-order valence-electron chi connectivity index (χ4n) is 1.68. The van der Waals surface area contributed by atoms with Gasteiger partial charge in [0, 0.05) is 31.3 Å². The molecule has 0 spiro atoms. The molecule has 1 aromatic heterocycles. The maximum atomic E-state index is 5.77. The van der Waals surface area contributed by atoms with E-state index < -0.39 is 0 Å². The molecule has 3 N–H and O–H groups in total. The Labute approximate surface area is 100 Å². The molecule has 17 heavy (non-hydrogen) atoms. The Balaban J connectivity index is 1.89. The first-order valence-corrected chi connectivity index (χ1v) is 5.54. The lowest BCUT2D eigenvalue weighted by Gasteiger charge is -2.07. The Morgan fingerprint density at radius 2 is 2.12 bits per heavy atom. The Bertz CT molecular complexity index is 487. The molecule has 5 nitrogen and oxygen atoms in total. The van der Waals surface area contributed by atoms with Crippen molar-refractivity contribution in [3.05, 3.63) is 35.5 Å². The number of nitrogen functional groups attached to an aromatic ring is 1. The molecule has 0 radical (unpaired) electrons. The molecule has 2 rings (SSSR count).